The molecule has 1 saturated heterocycles. The molecule has 1 rings (SSSR count). The summed E-state index contributed by atoms with van der Waals surface area (Å²) in [6, 6.07) is -1.58. The molecule has 1 fully saturated rings. The van der Waals surface area contributed by atoms with Gasteiger partial charge in [0.05, 0.1) is 6.04 Å². The van der Waals surface area contributed by atoms with Crippen molar-refractivity contribution < 1.29 is 24.6 Å². The number of aliphatic carboxylic acids is 2. The van der Waals surface area contributed by atoms with Crippen molar-refractivity contribution in [3.8, 4) is 0 Å². The highest BCUT2D eigenvalue weighted by molar-refractivity contribution is 5.81. The number of carboxylic acids is 2. The van der Waals surface area contributed by atoms with Crippen LogP contribution in [0.25, 0.3) is 0 Å². The van der Waals surface area contributed by atoms with Gasteiger partial charge in [0.25, 0.3) is 0 Å². The molecule has 3 unspecified atom stereocenters. The lowest BCUT2D eigenvalue weighted by Gasteiger charge is -2.30. The second-order valence-electron chi connectivity index (χ2n) is 6.42. The number of carboxylic acid groups (broad SMARTS) is 2. The number of hydrogen-bond acceptors (Lipinski definition) is 6. The van der Waals surface area contributed by atoms with Gasteiger partial charge in [-0.05, 0) is 27.7 Å². The van der Waals surface area contributed by atoms with Gasteiger partial charge in [0.1, 0.15) is 17.9 Å². The highest BCUT2D eigenvalue weighted by atomic mass is 16.4. The maximum Gasteiger partial charge on any atom is 0.320 e. The Balaban J connectivity index is 0.00000301. The van der Waals surface area contributed by atoms with E-state index in [4.69, 9.17) is 0 Å². The summed E-state index contributed by atoms with van der Waals surface area (Å²) >= 11 is 0. The minimum atomic E-state index is -0.904. The molecule has 0 aromatic rings. The molecule has 8 heteroatoms. The van der Waals surface area contributed by atoms with Crippen LogP contribution in [0, 0.1) is 0 Å². The molecule has 0 amide bonds. The van der Waals surface area contributed by atoms with E-state index < -0.39 is 24.0 Å². The predicted molar refractivity (Wildman–Crippen MR) is 100 cm³/mol. The molecule has 3 atom stereocenters. The Morgan fingerprint density at radius 3 is 1.08 bits per heavy atom. The maximum absolute atomic E-state index is 11.7. The fraction of sp³-hybridized carbons (Fsp3) is 0.833. The summed E-state index contributed by atoms with van der Waals surface area (Å²) in [5, 5.41) is 18.6. The van der Waals surface area contributed by atoms with Crippen molar-refractivity contribution in [2.75, 3.05) is 39.3 Å². The molecule has 0 radical (unpaired) electrons. The van der Waals surface area contributed by atoms with Crippen LogP contribution in [0.15, 0.2) is 0 Å². The topological polar surface area (TPSA) is 101 Å². The molecule has 152 valence electrons. The SMILES string of the molecule is CC.CC(=O)C(C)N1CCN(C(C)C(=O)O)CCN(C(C)C(=O)O)CC1. The Morgan fingerprint density at radius 1 is 0.654 bits per heavy atom. The number of carbonyl (C=O) groups excluding carboxylic acids is 1. The van der Waals surface area contributed by atoms with Crippen LogP contribution in [-0.4, -0.2) is 100 Å². The summed E-state index contributed by atoms with van der Waals surface area (Å²) in [6.45, 7) is 13.8. The number of hydrogen-bond donors (Lipinski definition) is 2. The average molecular weight is 373 g/mol. The number of carbonyl (C=O) groups is 3. The highest BCUT2D eigenvalue weighted by Gasteiger charge is 2.29. The molecule has 2 N–H and O–H groups in total. The largest absolute Gasteiger partial charge is 0.480 e. The normalized spacial score (nSPS) is 21.2. The average Bonchev–Trinajstić information content (AvgIpc) is 2.71. The Kier molecular flexibility index (Phi) is 11.3. The lowest BCUT2D eigenvalue weighted by Crippen LogP contribution is -2.47. The van der Waals surface area contributed by atoms with E-state index in [0.717, 1.165) is 0 Å². The van der Waals surface area contributed by atoms with E-state index in [1.807, 2.05) is 35.5 Å². The van der Waals surface area contributed by atoms with Crippen molar-refractivity contribution in [1.29, 1.82) is 0 Å². The van der Waals surface area contributed by atoms with E-state index in [9.17, 15) is 24.6 Å². The number of nitrogens with zero attached hydrogens (tertiary/aromatic N) is 3. The Hall–Kier alpha value is -1.51. The van der Waals surface area contributed by atoms with Crippen molar-refractivity contribution in [1.82, 2.24) is 14.7 Å². The summed E-state index contributed by atoms with van der Waals surface area (Å²) in [5.41, 5.74) is 0. The van der Waals surface area contributed by atoms with Gasteiger partial charge in [-0.1, -0.05) is 13.8 Å². The van der Waals surface area contributed by atoms with Gasteiger partial charge < -0.3 is 10.2 Å². The van der Waals surface area contributed by atoms with Crippen LogP contribution in [-0.2, 0) is 14.4 Å². The first-order chi connectivity index (χ1) is 12.1. The first-order valence-corrected chi connectivity index (χ1v) is 9.33. The first-order valence-electron chi connectivity index (χ1n) is 9.33. The highest BCUT2D eigenvalue weighted by Crippen LogP contribution is 2.10. The van der Waals surface area contributed by atoms with Crippen LogP contribution in [0.1, 0.15) is 41.5 Å². The van der Waals surface area contributed by atoms with Crippen LogP contribution in [0.3, 0.4) is 0 Å². The first kappa shape index (κ1) is 24.5. The molecule has 0 aromatic carbocycles. The summed E-state index contributed by atoms with van der Waals surface area (Å²) in [5.74, 6) is -1.76. The summed E-state index contributed by atoms with van der Waals surface area (Å²) in [6.07, 6.45) is 0. The minimum Gasteiger partial charge on any atom is -0.480 e. The monoisotopic (exact) mass is 373 g/mol. The Bertz CT molecular complexity index is 393. The molecule has 0 saturated carbocycles. The van der Waals surface area contributed by atoms with Crippen LogP contribution in [0.4, 0.5) is 0 Å². The summed E-state index contributed by atoms with van der Waals surface area (Å²) in [7, 11) is 0. The third-order valence-electron chi connectivity index (χ3n) is 4.97. The molecule has 0 aliphatic carbocycles. The fourth-order valence-corrected chi connectivity index (χ4v) is 2.84. The minimum absolute atomic E-state index is 0.0462. The van der Waals surface area contributed by atoms with Gasteiger partial charge in [-0.3, -0.25) is 29.1 Å². The third-order valence-corrected chi connectivity index (χ3v) is 4.97. The summed E-state index contributed by atoms with van der Waals surface area (Å²) in [4.78, 5) is 40.0. The standard InChI is InChI=1S/C16H29N3O5.C2H6/c1-11(14(4)20)17-5-7-18(12(2)15(21)22)9-10-19(8-6-17)13(3)16(23)24;1-2/h11-13H,5-10H2,1-4H3,(H,21,22)(H,23,24);1-2H3. The smallest absolute Gasteiger partial charge is 0.320 e. The zero-order valence-corrected chi connectivity index (χ0v) is 16.9. The molecule has 0 bridgehead atoms. The molecule has 0 aromatic heterocycles. The number of ketones is 1. The maximum atomic E-state index is 11.7. The zero-order chi connectivity index (χ0) is 20.4. The molecule has 1 aliphatic rings. The molecule has 8 nitrogen and oxygen atoms in total. The van der Waals surface area contributed by atoms with Gasteiger partial charge in [-0.25, -0.2) is 0 Å². The van der Waals surface area contributed by atoms with E-state index in [-0.39, 0.29) is 11.8 Å². The van der Waals surface area contributed by atoms with Crippen LogP contribution in [0.5, 0.6) is 0 Å². The predicted octanol–water partition coefficient (Wildman–Crippen LogP) is 0.856. The van der Waals surface area contributed by atoms with Crippen molar-refractivity contribution in [3.63, 3.8) is 0 Å². The van der Waals surface area contributed by atoms with Crippen molar-refractivity contribution in [3.05, 3.63) is 0 Å². The van der Waals surface area contributed by atoms with Crippen LogP contribution >= 0.6 is 0 Å². The molecule has 26 heavy (non-hydrogen) atoms. The van der Waals surface area contributed by atoms with E-state index in [1.54, 1.807) is 13.8 Å². The van der Waals surface area contributed by atoms with Crippen molar-refractivity contribution in [2.24, 2.45) is 0 Å². The quantitative estimate of drug-likeness (QED) is 0.707. The van der Waals surface area contributed by atoms with Crippen molar-refractivity contribution >= 4 is 17.7 Å². The lowest BCUT2D eigenvalue weighted by atomic mass is 10.2. The molecule has 0 spiro atoms. The second-order valence-corrected chi connectivity index (χ2v) is 6.42. The van der Waals surface area contributed by atoms with Gasteiger partial charge in [0, 0.05) is 39.3 Å². The van der Waals surface area contributed by atoms with Crippen LogP contribution in [0.2, 0.25) is 0 Å². The Labute approximate surface area is 156 Å². The van der Waals surface area contributed by atoms with Gasteiger partial charge in [-0.2, -0.15) is 0 Å². The number of rotatable bonds is 6. The van der Waals surface area contributed by atoms with E-state index in [2.05, 4.69) is 0 Å². The van der Waals surface area contributed by atoms with Gasteiger partial charge in [-0.15, -0.1) is 0 Å². The van der Waals surface area contributed by atoms with Gasteiger partial charge in [0.15, 0.2) is 0 Å². The lowest BCUT2D eigenvalue weighted by molar-refractivity contribution is -0.144. The van der Waals surface area contributed by atoms with E-state index in [0.29, 0.717) is 39.3 Å². The van der Waals surface area contributed by atoms with E-state index in [1.165, 1.54) is 6.92 Å². The van der Waals surface area contributed by atoms with Crippen molar-refractivity contribution in [2.45, 2.75) is 59.7 Å². The van der Waals surface area contributed by atoms with E-state index >= 15 is 0 Å². The van der Waals surface area contributed by atoms with Gasteiger partial charge in [0.2, 0.25) is 0 Å². The third kappa shape index (κ3) is 7.39. The molecular formula is C18H35N3O5. The fourth-order valence-electron chi connectivity index (χ4n) is 2.84. The van der Waals surface area contributed by atoms with Crippen LogP contribution < -0.4 is 0 Å². The summed E-state index contributed by atoms with van der Waals surface area (Å²) < 4.78 is 0. The molecule has 1 heterocycles. The Morgan fingerprint density at radius 2 is 0.885 bits per heavy atom. The second kappa shape index (κ2) is 12.0. The van der Waals surface area contributed by atoms with Gasteiger partial charge >= 0.3 is 11.9 Å². The number of Topliss-reactive ketones (excluding diaryl/α,β-unsaturated/α-hetero) is 1. The molecular weight excluding hydrogens is 338 g/mol. The zero-order valence-electron chi connectivity index (χ0n) is 16.9. The molecule has 1 aliphatic heterocycles.